The normalized spacial score (nSPS) is 18.6. The van der Waals surface area contributed by atoms with E-state index in [1.807, 2.05) is 0 Å². The maximum atomic E-state index is 2.51. The van der Waals surface area contributed by atoms with Gasteiger partial charge in [0.1, 0.15) is 0 Å². The van der Waals surface area contributed by atoms with Crippen molar-refractivity contribution in [3.63, 3.8) is 0 Å². The molecule has 3 aliphatic rings. The van der Waals surface area contributed by atoms with E-state index < -0.39 is 0 Å². The van der Waals surface area contributed by atoms with Gasteiger partial charge < -0.3 is 9.47 Å². The zero-order chi connectivity index (χ0) is 41.7. The fourth-order valence-corrected chi connectivity index (χ4v) is 10.9. The molecular weight excluding hydrogens is 761 g/mol. The van der Waals surface area contributed by atoms with Crippen molar-refractivity contribution in [1.29, 1.82) is 0 Å². The Balaban J connectivity index is 0.974. The summed E-state index contributed by atoms with van der Waals surface area (Å²) in [6.07, 6.45) is 18.3. The lowest BCUT2D eigenvalue weighted by atomic mass is 9.62. The Labute approximate surface area is 369 Å². The Bertz CT molecular complexity index is 3280. The van der Waals surface area contributed by atoms with Crippen LogP contribution in [0.25, 0.3) is 49.7 Å². The van der Waals surface area contributed by atoms with Crippen LogP contribution in [-0.2, 0) is 5.41 Å². The third-order valence-corrected chi connectivity index (χ3v) is 13.8. The number of hydrogen-bond acceptors (Lipinski definition) is 1. The summed E-state index contributed by atoms with van der Waals surface area (Å²) >= 11 is 0. The first-order valence-corrected chi connectivity index (χ1v) is 22.3. The van der Waals surface area contributed by atoms with Gasteiger partial charge in [-0.1, -0.05) is 182 Å². The molecule has 63 heavy (non-hydrogen) atoms. The molecule has 3 atom stereocenters. The van der Waals surface area contributed by atoms with E-state index in [1.165, 1.54) is 77.7 Å². The molecule has 0 radical (unpaired) electrons. The van der Waals surface area contributed by atoms with Crippen LogP contribution in [0.3, 0.4) is 0 Å². The van der Waals surface area contributed by atoms with E-state index in [9.17, 15) is 0 Å². The third kappa shape index (κ3) is 6.09. The summed E-state index contributed by atoms with van der Waals surface area (Å²) in [6, 6.07) is 74.0. The summed E-state index contributed by atoms with van der Waals surface area (Å²) in [5.41, 5.74) is 17.3. The second kappa shape index (κ2) is 15.3. The van der Waals surface area contributed by atoms with Crippen LogP contribution in [0.4, 0.5) is 11.4 Å². The summed E-state index contributed by atoms with van der Waals surface area (Å²) in [7, 11) is 0. The number of anilines is 2. The molecule has 8 aromatic carbocycles. The first kappa shape index (κ1) is 37.1. The Morgan fingerprint density at radius 2 is 1.17 bits per heavy atom. The molecule has 12 rings (SSSR count). The van der Waals surface area contributed by atoms with E-state index in [4.69, 9.17) is 0 Å². The summed E-state index contributed by atoms with van der Waals surface area (Å²) in [5.74, 6) is 0.514. The molecule has 2 heteroatoms. The first-order chi connectivity index (χ1) is 31.3. The summed E-state index contributed by atoms with van der Waals surface area (Å²) in [6.45, 7) is 0. The molecule has 0 bridgehead atoms. The maximum absolute atomic E-state index is 2.51. The number of benzene rings is 8. The van der Waals surface area contributed by atoms with Crippen molar-refractivity contribution in [3.05, 3.63) is 271 Å². The Morgan fingerprint density at radius 1 is 0.492 bits per heavy atom. The molecule has 300 valence electrons. The van der Waals surface area contributed by atoms with Crippen LogP contribution in [0.2, 0.25) is 0 Å². The van der Waals surface area contributed by atoms with Crippen LogP contribution in [0.1, 0.15) is 41.0 Å². The van der Waals surface area contributed by atoms with Gasteiger partial charge in [-0.3, -0.25) is 0 Å². The second-order valence-electron chi connectivity index (χ2n) is 17.1. The molecule has 9 aromatic rings. The molecule has 3 unspecified atom stereocenters. The van der Waals surface area contributed by atoms with Crippen LogP contribution in [0.15, 0.2) is 248 Å². The Kier molecular flexibility index (Phi) is 9.04. The molecular formula is C61H46N2. The number of nitrogens with zero attached hydrogens (tertiary/aromatic N) is 2. The SMILES string of the molecule is C1=CCC(C2(c3ccccc3)c3ccccc3-c3ccc(N(C4=CCC(c5ccc6c(c5)c5ccccc5n6-c5ccccc5)C=C4)c4ccc(-c5ccccc5)cc4)cc32)C=C1. The fourth-order valence-electron chi connectivity index (χ4n) is 10.9. The van der Waals surface area contributed by atoms with Crippen LogP contribution in [0, 0.1) is 5.92 Å². The highest BCUT2D eigenvalue weighted by molar-refractivity contribution is 6.09. The van der Waals surface area contributed by atoms with Gasteiger partial charge >= 0.3 is 0 Å². The molecule has 0 fully saturated rings. The smallest absolute Gasteiger partial charge is 0.0541 e. The third-order valence-electron chi connectivity index (χ3n) is 13.8. The molecule has 1 heterocycles. The van der Waals surface area contributed by atoms with Gasteiger partial charge in [-0.05, 0) is 124 Å². The van der Waals surface area contributed by atoms with E-state index in [1.54, 1.807) is 0 Å². The van der Waals surface area contributed by atoms with Crippen molar-refractivity contribution in [3.8, 4) is 27.9 Å². The van der Waals surface area contributed by atoms with Crippen molar-refractivity contribution in [1.82, 2.24) is 4.57 Å². The number of allylic oxidation sites excluding steroid dienone is 7. The minimum atomic E-state index is -0.350. The lowest BCUT2D eigenvalue weighted by Crippen LogP contribution is -2.35. The first-order valence-electron chi connectivity index (χ1n) is 22.3. The highest BCUT2D eigenvalue weighted by Gasteiger charge is 2.49. The molecule has 3 aliphatic carbocycles. The zero-order valence-corrected chi connectivity index (χ0v) is 35.1. The lowest BCUT2D eigenvalue weighted by molar-refractivity contribution is 0.457. The van der Waals surface area contributed by atoms with Gasteiger partial charge in [0.2, 0.25) is 0 Å². The van der Waals surface area contributed by atoms with Crippen molar-refractivity contribution in [2.45, 2.75) is 24.2 Å². The summed E-state index contributed by atoms with van der Waals surface area (Å²) < 4.78 is 2.40. The predicted octanol–water partition coefficient (Wildman–Crippen LogP) is 15.7. The van der Waals surface area contributed by atoms with E-state index in [0.29, 0.717) is 0 Å². The van der Waals surface area contributed by atoms with Gasteiger partial charge in [0.15, 0.2) is 0 Å². The average molecular weight is 807 g/mol. The molecule has 0 spiro atoms. The molecule has 0 saturated carbocycles. The zero-order valence-electron chi connectivity index (χ0n) is 35.1. The number of aromatic nitrogens is 1. The Morgan fingerprint density at radius 3 is 1.95 bits per heavy atom. The molecule has 2 nitrogen and oxygen atoms in total. The van der Waals surface area contributed by atoms with E-state index in [2.05, 4.69) is 252 Å². The number of para-hydroxylation sites is 2. The summed E-state index contributed by atoms with van der Waals surface area (Å²) in [5, 5.41) is 2.57. The van der Waals surface area contributed by atoms with Crippen LogP contribution >= 0.6 is 0 Å². The van der Waals surface area contributed by atoms with Crippen LogP contribution in [-0.4, -0.2) is 4.57 Å². The largest absolute Gasteiger partial charge is 0.311 e. The number of fused-ring (bicyclic) bond motifs is 6. The molecule has 0 amide bonds. The molecule has 0 saturated heterocycles. The van der Waals surface area contributed by atoms with E-state index >= 15 is 0 Å². The molecule has 0 aliphatic heterocycles. The van der Waals surface area contributed by atoms with Gasteiger partial charge in [-0.2, -0.15) is 0 Å². The van der Waals surface area contributed by atoms with Gasteiger partial charge in [0.05, 0.1) is 16.4 Å². The van der Waals surface area contributed by atoms with Crippen LogP contribution < -0.4 is 4.90 Å². The Hall–Kier alpha value is -7.68. The van der Waals surface area contributed by atoms with E-state index in [-0.39, 0.29) is 17.3 Å². The van der Waals surface area contributed by atoms with Crippen molar-refractivity contribution >= 4 is 33.2 Å². The molecule has 0 N–H and O–H groups in total. The number of rotatable bonds is 8. The van der Waals surface area contributed by atoms with Gasteiger partial charge in [0, 0.05) is 39.4 Å². The minimum absolute atomic E-state index is 0.255. The maximum Gasteiger partial charge on any atom is 0.0541 e. The second-order valence-corrected chi connectivity index (χ2v) is 17.1. The average Bonchev–Trinajstić information content (AvgIpc) is 3.86. The van der Waals surface area contributed by atoms with Crippen LogP contribution in [0.5, 0.6) is 0 Å². The van der Waals surface area contributed by atoms with Gasteiger partial charge in [-0.25, -0.2) is 0 Å². The molecule has 1 aromatic heterocycles. The van der Waals surface area contributed by atoms with Crippen molar-refractivity contribution in [2.24, 2.45) is 5.92 Å². The van der Waals surface area contributed by atoms with Gasteiger partial charge in [-0.15, -0.1) is 0 Å². The number of hydrogen-bond donors (Lipinski definition) is 0. The fraction of sp³-hybridized carbons (Fsp3) is 0.0820. The van der Waals surface area contributed by atoms with Crippen molar-refractivity contribution in [2.75, 3.05) is 4.90 Å². The summed E-state index contributed by atoms with van der Waals surface area (Å²) in [4.78, 5) is 2.48. The highest BCUT2D eigenvalue weighted by Crippen LogP contribution is 2.59. The van der Waals surface area contributed by atoms with E-state index in [0.717, 1.165) is 24.2 Å². The highest BCUT2D eigenvalue weighted by atomic mass is 15.1. The standard InChI is InChI=1S/C61H46N2/c1-5-17-43(18-6-1)44-29-34-50(35-30-44)62(51-36-31-45(32-37-51)46-33-40-60-56(41-46)55-26-14-16-28-59(55)63(60)49-23-11-4-12-24-49)52-38-39-54-53-25-13-15-27-57(53)61(58(54)42-52,47-19-7-2-8-20-47)48-21-9-3-10-22-48/h1-21,23-31,33-42,45,48H,22,32H2. The topological polar surface area (TPSA) is 8.17 Å². The lowest BCUT2D eigenvalue weighted by Gasteiger charge is -2.40. The minimum Gasteiger partial charge on any atom is -0.311 e. The monoisotopic (exact) mass is 806 g/mol. The van der Waals surface area contributed by atoms with Crippen molar-refractivity contribution < 1.29 is 0 Å². The predicted molar refractivity (Wildman–Crippen MR) is 264 cm³/mol. The quantitative estimate of drug-likeness (QED) is 0.148. The van der Waals surface area contributed by atoms with Gasteiger partial charge in [0.25, 0.3) is 0 Å².